The number of aromatic nitrogens is 5. The van der Waals surface area contributed by atoms with E-state index in [0.717, 1.165) is 5.56 Å². The number of nitrogens with one attached hydrogen (secondary N) is 1. The molecule has 0 radical (unpaired) electrons. The van der Waals surface area contributed by atoms with Crippen molar-refractivity contribution < 1.29 is 4.79 Å². The minimum absolute atomic E-state index is 0.263. The first-order valence-electron chi connectivity index (χ1n) is 6.42. The molecule has 8 heteroatoms. The molecule has 1 N–H and O–H groups in total. The Hall–Kier alpha value is -2.80. The summed E-state index contributed by atoms with van der Waals surface area (Å²) in [6, 6.07) is 6.77. The van der Waals surface area contributed by atoms with Crippen molar-refractivity contribution >= 4 is 17.5 Å². The lowest BCUT2D eigenvalue weighted by atomic mass is 10.2. The van der Waals surface area contributed by atoms with Crippen molar-refractivity contribution in [3.05, 3.63) is 65.6 Å². The van der Waals surface area contributed by atoms with Crippen molar-refractivity contribution in [1.82, 2.24) is 30.0 Å². The molecular weight excluding hydrogens is 304 g/mol. The normalized spacial score (nSPS) is 10.4. The summed E-state index contributed by atoms with van der Waals surface area (Å²) < 4.78 is 1.54. The Balaban J connectivity index is 1.76. The van der Waals surface area contributed by atoms with Gasteiger partial charge in [0.05, 0.1) is 0 Å². The first-order chi connectivity index (χ1) is 10.7. The molecule has 0 aliphatic rings. The van der Waals surface area contributed by atoms with Crippen LogP contribution >= 0.6 is 11.6 Å². The maximum Gasteiger partial charge on any atom is 0.270 e. The average molecular weight is 315 g/mol. The highest BCUT2D eigenvalue weighted by atomic mass is 35.5. The molecule has 0 atom stereocenters. The monoisotopic (exact) mass is 314 g/mol. The molecule has 3 aromatic rings. The van der Waals surface area contributed by atoms with Gasteiger partial charge in [0.15, 0.2) is 5.82 Å². The van der Waals surface area contributed by atoms with Gasteiger partial charge in [-0.1, -0.05) is 17.7 Å². The summed E-state index contributed by atoms with van der Waals surface area (Å²) in [6.45, 7) is 0.288. The highest BCUT2D eigenvalue weighted by Crippen LogP contribution is 2.11. The predicted molar refractivity (Wildman–Crippen MR) is 79.6 cm³/mol. The number of amides is 1. The third kappa shape index (κ3) is 3.09. The van der Waals surface area contributed by atoms with Crippen LogP contribution in [-0.2, 0) is 6.54 Å². The number of carbonyl (C=O) groups excluding carboxylic acids is 1. The van der Waals surface area contributed by atoms with E-state index in [1.807, 2.05) is 6.07 Å². The van der Waals surface area contributed by atoms with Crippen LogP contribution in [0.25, 0.3) is 5.82 Å². The zero-order chi connectivity index (χ0) is 15.4. The summed E-state index contributed by atoms with van der Waals surface area (Å²) in [4.78, 5) is 24.2. The highest BCUT2D eigenvalue weighted by molar-refractivity contribution is 6.30. The van der Waals surface area contributed by atoms with Gasteiger partial charge in [-0.3, -0.25) is 9.78 Å². The lowest BCUT2D eigenvalue weighted by Gasteiger charge is -2.09. The van der Waals surface area contributed by atoms with Crippen LogP contribution in [0.5, 0.6) is 0 Å². The van der Waals surface area contributed by atoms with Gasteiger partial charge in [0.2, 0.25) is 0 Å². The van der Waals surface area contributed by atoms with Crippen molar-refractivity contribution in [1.29, 1.82) is 0 Å². The van der Waals surface area contributed by atoms with Crippen LogP contribution in [-0.4, -0.2) is 30.6 Å². The minimum Gasteiger partial charge on any atom is -0.346 e. The van der Waals surface area contributed by atoms with E-state index in [9.17, 15) is 4.79 Å². The van der Waals surface area contributed by atoms with Gasteiger partial charge in [0, 0.05) is 29.5 Å². The van der Waals surface area contributed by atoms with Crippen molar-refractivity contribution in [2.24, 2.45) is 0 Å². The fourth-order valence-corrected chi connectivity index (χ4v) is 2.05. The first-order valence-corrected chi connectivity index (χ1v) is 6.80. The van der Waals surface area contributed by atoms with Crippen LogP contribution in [0.2, 0.25) is 5.02 Å². The van der Waals surface area contributed by atoms with Crippen molar-refractivity contribution in [3.8, 4) is 5.82 Å². The molecule has 22 heavy (non-hydrogen) atoms. The Bertz CT molecular complexity index is 790. The van der Waals surface area contributed by atoms with E-state index in [2.05, 4.69) is 25.4 Å². The number of nitrogens with zero attached hydrogens (tertiary/aromatic N) is 5. The number of pyridine rings is 2. The van der Waals surface area contributed by atoms with E-state index in [-0.39, 0.29) is 18.1 Å². The second kappa shape index (κ2) is 6.31. The maximum absolute atomic E-state index is 12.1. The number of carbonyl (C=O) groups is 1. The van der Waals surface area contributed by atoms with Gasteiger partial charge in [-0.2, -0.15) is 5.10 Å². The molecule has 0 saturated carbocycles. The van der Waals surface area contributed by atoms with E-state index in [0.29, 0.717) is 10.8 Å². The SMILES string of the molecule is O=C(NCc1cccnc1-n1cncn1)c1cc(Cl)ccn1. The van der Waals surface area contributed by atoms with Gasteiger partial charge in [0.25, 0.3) is 5.91 Å². The lowest BCUT2D eigenvalue weighted by Crippen LogP contribution is -2.24. The van der Waals surface area contributed by atoms with Gasteiger partial charge in [-0.25, -0.2) is 14.6 Å². The van der Waals surface area contributed by atoms with Gasteiger partial charge in [0.1, 0.15) is 18.3 Å². The summed E-state index contributed by atoms with van der Waals surface area (Å²) in [5.41, 5.74) is 1.07. The molecule has 0 bridgehead atoms. The third-order valence-electron chi connectivity index (χ3n) is 2.90. The van der Waals surface area contributed by atoms with E-state index < -0.39 is 0 Å². The molecule has 0 saturated heterocycles. The largest absolute Gasteiger partial charge is 0.346 e. The topological polar surface area (TPSA) is 85.6 Å². The molecule has 0 aliphatic heterocycles. The molecule has 0 spiro atoms. The molecular formula is C14H11ClN6O. The van der Waals surface area contributed by atoms with Gasteiger partial charge in [-0.15, -0.1) is 0 Å². The number of rotatable bonds is 4. The Kier molecular flexibility index (Phi) is 4.06. The second-order valence-electron chi connectivity index (χ2n) is 4.37. The second-order valence-corrected chi connectivity index (χ2v) is 4.80. The number of hydrogen-bond donors (Lipinski definition) is 1. The van der Waals surface area contributed by atoms with Gasteiger partial charge >= 0.3 is 0 Å². The van der Waals surface area contributed by atoms with Crippen LogP contribution in [0.3, 0.4) is 0 Å². The predicted octanol–water partition coefficient (Wildman–Crippen LogP) is 1.64. The average Bonchev–Trinajstić information content (AvgIpc) is 3.07. The fourth-order valence-electron chi connectivity index (χ4n) is 1.89. The van der Waals surface area contributed by atoms with Gasteiger partial charge < -0.3 is 5.32 Å². The molecule has 1 amide bonds. The summed E-state index contributed by atoms with van der Waals surface area (Å²) in [5, 5.41) is 7.29. The van der Waals surface area contributed by atoms with E-state index in [1.165, 1.54) is 18.6 Å². The van der Waals surface area contributed by atoms with Gasteiger partial charge in [-0.05, 0) is 18.2 Å². The fraction of sp³-hybridized carbons (Fsp3) is 0.0714. The summed E-state index contributed by atoms with van der Waals surface area (Å²) >= 11 is 5.85. The van der Waals surface area contributed by atoms with Crippen LogP contribution < -0.4 is 5.32 Å². The minimum atomic E-state index is -0.309. The zero-order valence-electron chi connectivity index (χ0n) is 11.3. The van der Waals surface area contributed by atoms with E-state index in [4.69, 9.17) is 11.6 Å². The molecule has 3 rings (SSSR count). The van der Waals surface area contributed by atoms with E-state index >= 15 is 0 Å². The van der Waals surface area contributed by atoms with Crippen LogP contribution in [0.15, 0.2) is 49.3 Å². The summed E-state index contributed by atoms with van der Waals surface area (Å²) in [7, 11) is 0. The number of hydrogen-bond acceptors (Lipinski definition) is 5. The Labute approximate surface area is 131 Å². The van der Waals surface area contributed by atoms with Crippen molar-refractivity contribution in [2.45, 2.75) is 6.54 Å². The van der Waals surface area contributed by atoms with Crippen molar-refractivity contribution in [2.75, 3.05) is 0 Å². The summed E-state index contributed by atoms with van der Waals surface area (Å²) in [5.74, 6) is 0.301. The molecule has 0 unspecified atom stereocenters. The Morgan fingerprint density at radius 2 is 2.18 bits per heavy atom. The lowest BCUT2D eigenvalue weighted by molar-refractivity contribution is 0.0946. The molecule has 3 heterocycles. The first kappa shape index (κ1) is 14.2. The smallest absolute Gasteiger partial charge is 0.270 e. The Morgan fingerprint density at radius 1 is 1.27 bits per heavy atom. The van der Waals surface area contributed by atoms with E-state index in [1.54, 1.807) is 29.3 Å². The molecule has 0 aromatic carbocycles. The molecule has 7 nitrogen and oxygen atoms in total. The molecule has 0 aliphatic carbocycles. The van der Waals surface area contributed by atoms with Crippen LogP contribution in [0.4, 0.5) is 0 Å². The standard InChI is InChI=1S/C14H11ClN6O/c15-11-3-5-17-12(6-11)14(22)19-7-10-2-1-4-18-13(10)21-9-16-8-20-21/h1-6,8-9H,7H2,(H,19,22). The third-order valence-corrected chi connectivity index (χ3v) is 3.13. The zero-order valence-corrected chi connectivity index (χ0v) is 12.1. The molecule has 110 valence electrons. The quantitative estimate of drug-likeness (QED) is 0.791. The molecule has 0 fully saturated rings. The summed E-state index contributed by atoms with van der Waals surface area (Å²) in [6.07, 6.45) is 6.11. The number of halogens is 1. The molecule has 3 aromatic heterocycles. The Morgan fingerprint density at radius 3 is 2.95 bits per heavy atom. The van der Waals surface area contributed by atoms with Crippen LogP contribution in [0, 0.1) is 0 Å². The maximum atomic E-state index is 12.1. The highest BCUT2D eigenvalue weighted by Gasteiger charge is 2.10. The van der Waals surface area contributed by atoms with Crippen molar-refractivity contribution in [3.63, 3.8) is 0 Å². The van der Waals surface area contributed by atoms with Crippen LogP contribution in [0.1, 0.15) is 16.1 Å².